The molecule has 3 heterocycles. The average molecular weight is 378 g/mol. The van der Waals surface area contributed by atoms with Crippen LogP contribution in [0.15, 0.2) is 22.7 Å². The van der Waals surface area contributed by atoms with E-state index in [4.69, 9.17) is 16.1 Å². The topological polar surface area (TPSA) is 58.4 Å². The highest BCUT2D eigenvalue weighted by Crippen LogP contribution is 2.34. The summed E-state index contributed by atoms with van der Waals surface area (Å²) >= 11 is 6.15. The van der Waals surface area contributed by atoms with E-state index in [1.807, 2.05) is 0 Å². The molecule has 2 aliphatic heterocycles. The van der Waals surface area contributed by atoms with Crippen LogP contribution >= 0.6 is 11.6 Å². The third-order valence-corrected chi connectivity index (χ3v) is 5.78. The Bertz CT molecular complexity index is 818. The molecule has 2 saturated heterocycles. The van der Waals surface area contributed by atoms with Crippen LogP contribution in [0.1, 0.15) is 41.8 Å². The van der Waals surface area contributed by atoms with Gasteiger partial charge in [-0.15, -0.1) is 0 Å². The second-order valence-corrected chi connectivity index (χ2v) is 7.43. The third-order valence-electron chi connectivity index (χ3n) is 5.46. The molecule has 1 aromatic carbocycles. The lowest BCUT2D eigenvalue weighted by atomic mass is 9.98. The van der Waals surface area contributed by atoms with Crippen LogP contribution in [0.5, 0.6) is 0 Å². The standard InChI is InChI=1S/C19H21ClFN3O2/c1-11-16(18(23-26-11)17-12(20)5-4-6-13(17)21)19(25)22-14-8-10-24-9-3-2-7-15(14)24/h4-6,14-15H,2-3,7-10H2,1H3,(H,22,25). The number of benzene rings is 1. The second kappa shape index (κ2) is 7.00. The number of hydrogen-bond acceptors (Lipinski definition) is 4. The van der Waals surface area contributed by atoms with Gasteiger partial charge in [-0.25, -0.2) is 4.39 Å². The number of carbonyl (C=O) groups excluding carboxylic acids is 1. The van der Waals surface area contributed by atoms with Gasteiger partial charge in [0.05, 0.1) is 10.6 Å². The predicted octanol–water partition coefficient (Wildman–Crippen LogP) is 3.80. The van der Waals surface area contributed by atoms with Crippen molar-refractivity contribution in [2.45, 2.75) is 44.7 Å². The zero-order valence-electron chi connectivity index (χ0n) is 14.6. The molecular formula is C19H21ClFN3O2. The minimum Gasteiger partial charge on any atom is -0.360 e. The lowest BCUT2D eigenvalue weighted by Crippen LogP contribution is -2.46. The molecule has 26 heavy (non-hydrogen) atoms. The Kier molecular flexibility index (Phi) is 4.71. The van der Waals surface area contributed by atoms with Crippen molar-refractivity contribution < 1.29 is 13.7 Å². The van der Waals surface area contributed by atoms with Crippen LogP contribution in [0.25, 0.3) is 11.3 Å². The minimum atomic E-state index is -0.529. The number of nitrogens with zero attached hydrogens (tertiary/aromatic N) is 2. The molecule has 0 aliphatic carbocycles. The van der Waals surface area contributed by atoms with Crippen molar-refractivity contribution >= 4 is 17.5 Å². The highest BCUT2D eigenvalue weighted by atomic mass is 35.5. The number of carbonyl (C=O) groups is 1. The predicted molar refractivity (Wildman–Crippen MR) is 96.7 cm³/mol. The molecule has 2 fully saturated rings. The zero-order chi connectivity index (χ0) is 18.3. The first-order valence-electron chi connectivity index (χ1n) is 9.02. The SMILES string of the molecule is Cc1onc(-c2c(F)cccc2Cl)c1C(=O)NC1CCN2CCCCC12. The lowest BCUT2D eigenvalue weighted by molar-refractivity contribution is 0.0914. The Balaban J connectivity index is 1.62. The number of hydrogen-bond donors (Lipinski definition) is 1. The summed E-state index contributed by atoms with van der Waals surface area (Å²) in [5, 5.41) is 7.24. The molecule has 2 unspecified atom stereocenters. The minimum absolute atomic E-state index is 0.0982. The van der Waals surface area contributed by atoms with Crippen LogP contribution in [-0.2, 0) is 0 Å². The molecular weight excluding hydrogens is 357 g/mol. The molecule has 5 nitrogen and oxygen atoms in total. The molecule has 1 amide bonds. The third kappa shape index (κ3) is 3.01. The molecule has 2 aliphatic rings. The fourth-order valence-electron chi connectivity index (χ4n) is 4.19. The van der Waals surface area contributed by atoms with Crippen molar-refractivity contribution in [2.24, 2.45) is 0 Å². The Morgan fingerprint density at radius 2 is 2.19 bits per heavy atom. The van der Waals surface area contributed by atoms with Crippen LogP contribution in [0.3, 0.4) is 0 Å². The highest BCUT2D eigenvalue weighted by molar-refractivity contribution is 6.33. The number of piperidine rings is 1. The maximum Gasteiger partial charge on any atom is 0.257 e. The first-order valence-corrected chi connectivity index (χ1v) is 9.39. The monoisotopic (exact) mass is 377 g/mol. The van der Waals surface area contributed by atoms with E-state index in [2.05, 4.69) is 15.4 Å². The maximum absolute atomic E-state index is 14.3. The molecule has 0 spiro atoms. The molecule has 1 aromatic heterocycles. The largest absolute Gasteiger partial charge is 0.360 e. The van der Waals surface area contributed by atoms with Gasteiger partial charge >= 0.3 is 0 Å². The molecule has 138 valence electrons. The first-order chi connectivity index (χ1) is 12.6. The fraction of sp³-hybridized carbons (Fsp3) is 0.474. The van der Waals surface area contributed by atoms with Gasteiger partial charge in [0.15, 0.2) is 0 Å². The van der Waals surface area contributed by atoms with Gasteiger partial charge in [0.25, 0.3) is 5.91 Å². The van der Waals surface area contributed by atoms with Crippen molar-refractivity contribution in [1.29, 1.82) is 0 Å². The molecule has 1 N–H and O–H groups in total. The molecule has 2 aromatic rings. The van der Waals surface area contributed by atoms with Crippen LogP contribution in [-0.4, -0.2) is 41.1 Å². The number of rotatable bonds is 3. The molecule has 7 heteroatoms. The van der Waals surface area contributed by atoms with Gasteiger partial charge in [-0.1, -0.05) is 29.2 Å². The Labute approximate surface area is 156 Å². The van der Waals surface area contributed by atoms with E-state index in [1.54, 1.807) is 13.0 Å². The van der Waals surface area contributed by atoms with Crippen molar-refractivity contribution in [2.75, 3.05) is 13.1 Å². The van der Waals surface area contributed by atoms with E-state index in [9.17, 15) is 9.18 Å². The molecule has 4 rings (SSSR count). The lowest BCUT2D eigenvalue weighted by Gasteiger charge is -2.32. The van der Waals surface area contributed by atoms with Crippen molar-refractivity contribution in [3.63, 3.8) is 0 Å². The summed E-state index contributed by atoms with van der Waals surface area (Å²) in [6.45, 7) is 3.76. The van der Waals surface area contributed by atoms with Gasteiger partial charge in [-0.05, 0) is 44.9 Å². The van der Waals surface area contributed by atoms with Gasteiger partial charge in [0.1, 0.15) is 22.8 Å². The Hall–Kier alpha value is -1.92. The van der Waals surface area contributed by atoms with Crippen LogP contribution in [0.4, 0.5) is 4.39 Å². The molecule has 0 bridgehead atoms. The van der Waals surface area contributed by atoms with E-state index in [-0.39, 0.29) is 33.8 Å². The number of halogens is 2. The highest BCUT2D eigenvalue weighted by Gasteiger charge is 2.37. The van der Waals surface area contributed by atoms with Crippen molar-refractivity contribution in [3.8, 4) is 11.3 Å². The van der Waals surface area contributed by atoms with Crippen LogP contribution in [0.2, 0.25) is 5.02 Å². The second-order valence-electron chi connectivity index (χ2n) is 7.03. The number of fused-ring (bicyclic) bond motifs is 1. The summed E-state index contributed by atoms with van der Waals surface area (Å²) in [6.07, 6.45) is 4.43. The van der Waals surface area contributed by atoms with Crippen LogP contribution < -0.4 is 5.32 Å². The van der Waals surface area contributed by atoms with Crippen molar-refractivity contribution in [3.05, 3.63) is 40.4 Å². The van der Waals surface area contributed by atoms with Gasteiger partial charge < -0.3 is 9.84 Å². The number of amides is 1. The van der Waals surface area contributed by atoms with Crippen LogP contribution in [0, 0.1) is 12.7 Å². The van der Waals surface area contributed by atoms with Crippen molar-refractivity contribution in [1.82, 2.24) is 15.4 Å². The first kappa shape index (κ1) is 17.5. The molecule has 0 radical (unpaired) electrons. The van der Waals surface area contributed by atoms with E-state index in [0.717, 1.165) is 25.9 Å². The van der Waals surface area contributed by atoms with Gasteiger partial charge in [0, 0.05) is 18.6 Å². The molecule has 0 saturated carbocycles. The summed E-state index contributed by atoms with van der Waals surface area (Å²) < 4.78 is 19.5. The van der Waals surface area contributed by atoms with Gasteiger partial charge in [-0.2, -0.15) is 0 Å². The zero-order valence-corrected chi connectivity index (χ0v) is 15.4. The summed E-state index contributed by atoms with van der Waals surface area (Å²) in [5.41, 5.74) is 0.509. The number of nitrogens with one attached hydrogen (secondary N) is 1. The summed E-state index contributed by atoms with van der Waals surface area (Å²) in [7, 11) is 0. The quantitative estimate of drug-likeness (QED) is 0.883. The maximum atomic E-state index is 14.3. The fourth-order valence-corrected chi connectivity index (χ4v) is 4.44. The number of aromatic nitrogens is 1. The van der Waals surface area contributed by atoms with E-state index < -0.39 is 5.82 Å². The van der Waals surface area contributed by atoms with Gasteiger partial charge in [0.2, 0.25) is 0 Å². The smallest absolute Gasteiger partial charge is 0.257 e. The normalized spacial score (nSPS) is 23.0. The van der Waals surface area contributed by atoms with Gasteiger partial charge in [-0.3, -0.25) is 9.69 Å². The summed E-state index contributed by atoms with van der Waals surface area (Å²) in [4.78, 5) is 15.4. The van der Waals surface area contributed by atoms with E-state index in [0.29, 0.717) is 11.8 Å². The summed E-state index contributed by atoms with van der Waals surface area (Å²) in [6, 6.07) is 4.87. The number of aryl methyl sites for hydroxylation is 1. The molecule has 2 atom stereocenters. The Morgan fingerprint density at radius 3 is 3.00 bits per heavy atom. The summed E-state index contributed by atoms with van der Waals surface area (Å²) in [5.74, 6) is -0.454. The van der Waals surface area contributed by atoms with E-state index in [1.165, 1.54) is 25.0 Å². The average Bonchev–Trinajstić information content (AvgIpc) is 3.19. The Morgan fingerprint density at radius 1 is 1.35 bits per heavy atom. The van der Waals surface area contributed by atoms with E-state index >= 15 is 0 Å².